The molecular formula is C9H17S. The van der Waals surface area contributed by atoms with Crippen LogP contribution in [0.4, 0.5) is 0 Å². The van der Waals surface area contributed by atoms with E-state index in [1.165, 1.54) is 44.3 Å². The average molecular weight is 157 g/mol. The lowest BCUT2D eigenvalue weighted by molar-refractivity contribution is 0.886. The smallest absolute Gasteiger partial charge is 0.0306 e. The van der Waals surface area contributed by atoms with Gasteiger partial charge in [0.15, 0.2) is 0 Å². The van der Waals surface area contributed by atoms with E-state index in [9.17, 15) is 0 Å². The van der Waals surface area contributed by atoms with Crippen LogP contribution in [0.5, 0.6) is 0 Å². The summed E-state index contributed by atoms with van der Waals surface area (Å²) in [6, 6.07) is 0. The second-order valence-electron chi connectivity index (χ2n) is 2.95. The molecule has 0 bridgehead atoms. The zero-order valence-electron chi connectivity index (χ0n) is 6.86. The molecule has 59 valence electrons. The molecule has 10 heavy (non-hydrogen) atoms. The van der Waals surface area contributed by atoms with Gasteiger partial charge in [-0.1, -0.05) is 26.2 Å². The van der Waals surface area contributed by atoms with Crippen molar-refractivity contribution < 1.29 is 0 Å². The Bertz CT molecular complexity index is 74.8. The molecule has 0 nitrogen and oxygen atoms in total. The Morgan fingerprint density at radius 3 is 2.60 bits per heavy atom. The van der Waals surface area contributed by atoms with Gasteiger partial charge in [-0.3, -0.25) is 0 Å². The fourth-order valence-corrected chi connectivity index (χ4v) is 2.57. The van der Waals surface area contributed by atoms with Crippen LogP contribution in [0, 0.1) is 5.25 Å². The monoisotopic (exact) mass is 157 g/mol. The molecule has 0 aromatic carbocycles. The van der Waals surface area contributed by atoms with Crippen LogP contribution in [-0.4, -0.2) is 5.75 Å². The summed E-state index contributed by atoms with van der Waals surface area (Å²) in [6.45, 7) is 2.26. The Labute approximate surface area is 68.8 Å². The van der Waals surface area contributed by atoms with Crippen LogP contribution in [0.3, 0.4) is 0 Å². The minimum atomic E-state index is 1.35. The minimum Gasteiger partial charge on any atom is -0.154 e. The topological polar surface area (TPSA) is 0 Å². The summed E-state index contributed by atoms with van der Waals surface area (Å²) in [5, 5.41) is 1.77. The van der Waals surface area contributed by atoms with Gasteiger partial charge in [-0.2, -0.15) is 11.8 Å². The summed E-state index contributed by atoms with van der Waals surface area (Å²) in [4.78, 5) is 0. The Morgan fingerprint density at radius 1 is 1.30 bits per heavy atom. The number of hydrogen-bond donors (Lipinski definition) is 0. The average Bonchev–Trinajstić information content (AvgIpc) is 2.41. The Balaban J connectivity index is 1.91. The fraction of sp³-hybridized carbons (Fsp3) is 0.889. The maximum absolute atomic E-state index is 2.26. The fourth-order valence-electron chi connectivity index (χ4n) is 1.27. The van der Waals surface area contributed by atoms with E-state index in [0.29, 0.717) is 0 Å². The normalized spacial score (nSPS) is 20.1. The van der Waals surface area contributed by atoms with Gasteiger partial charge >= 0.3 is 0 Å². The largest absolute Gasteiger partial charge is 0.154 e. The van der Waals surface area contributed by atoms with Gasteiger partial charge in [-0.05, 0) is 25.0 Å². The molecule has 0 aliphatic heterocycles. The molecule has 1 rings (SSSR count). The van der Waals surface area contributed by atoms with Crippen molar-refractivity contribution in [2.75, 3.05) is 5.75 Å². The zero-order valence-corrected chi connectivity index (χ0v) is 7.67. The molecule has 1 saturated carbocycles. The number of thioether (sulfide) groups is 1. The highest BCUT2D eigenvalue weighted by atomic mass is 32.2. The third kappa shape index (κ3) is 2.96. The van der Waals surface area contributed by atoms with E-state index in [-0.39, 0.29) is 0 Å². The van der Waals surface area contributed by atoms with Crippen LogP contribution in [-0.2, 0) is 0 Å². The van der Waals surface area contributed by atoms with Crippen LogP contribution >= 0.6 is 11.8 Å². The van der Waals surface area contributed by atoms with Gasteiger partial charge in [0.2, 0.25) is 0 Å². The molecule has 1 radical (unpaired) electrons. The van der Waals surface area contributed by atoms with Crippen LogP contribution in [0.25, 0.3) is 0 Å². The van der Waals surface area contributed by atoms with E-state index in [0.717, 1.165) is 0 Å². The molecule has 0 aromatic rings. The molecular weight excluding hydrogens is 140 g/mol. The van der Waals surface area contributed by atoms with Crippen molar-refractivity contribution in [2.24, 2.45) is 0 Å². The van der Waals surface area contributed by atoms with E-state index < -0.39 is 0 Å². The molecule has 0 amide bonds. The van der Waals surface area contributed by atoms with E-state index in [1.54, 1.807) is 5.25 Å². The third-order valence-electron chi connectivity index (χ3n) is 1.97. The molecule has 0 heterocycles. The van der Waals surface area contributed by atoms with E-state index in [4.69, 9.17) is 0 Å². The van der Waals surface area contributed by atoms with Gasteiger partial charge in [0.1, 0.15) is 0 Å². The van der Waals surface area contributed by atoms with Crippen molar-refractivity contribution in [1.29, 1.82) is 0 Å². The van der Waals surface area contributed by atoms with Crippen molar-refractivity contribution in [3.05, 3.63) is 5.25 Å². The molecule has 0 aromatic heterocycles. The summed E-state index contributed by atoms with van der Waals surface area (Å²) < 4.78 is 0. The van der Waals surface area contributed by atoms with Crippen molar-refractivity contribution in [3.8, 4) is 0 Å². The van der Waals surface area contributed by atoms with Gasteiger partial charge in [-0.25, -0.2) is 0 Å². The minimum absolute atomic E-state index is 1.35. The van der Waals surface area contributed by atoms with Crippen molar-refractivity contribution in [2.45, 2.75) is 45.4 Å². The molecule has 0 spiro atoms. The second kappa shape index (κ2) is 5.06. The first-order valence-corrected chi connectivity index (χ1v) is 5.39. The molecule has 0 atom stereocenters. The first-order valence-electron chi connectivity index (χ1n) is 4.41. The predicted octanol–water partition coefficient (Wildman–Crippen LogP) is 3.63. The summed E-state index contributed by atoms with van der Waals surface area (Å²) in [6.07, 6.45) is 8.47. The number of rotatable bonds is 4. The Kier molecular flexibility index (Phi) is 4.27. The van der Waals surface area contributed by atoms with Crippen LogP contribution < -0.4 is 0 Å². The van der Waals surface area contributed by atoms with Crippen molar-refractivity contribution in [1.82, 2.24) is 0 Å². The van der Waals surface area contributed by atoms with Gasteiger partial charge in [0.25, 0.3) is 0 Å². The lowest BCUT2D eigenvalue weighted by Gasteiger charge is -2.05. The number of hydrogen-bond acceptors (Lipinski definition) is 1. The van der Waals surface area contributed by atoms with Crippen LogP contribution in [0.1, 0.15) is 45.4 Å². The van der Waals surface area contributed by atoms with Gasteiger partial charge < -0.3 is 0 Å². The van der Waals surface area contributed by atoms with E-state index in [2.05, 4.69) is 18.7 Å². The van der Waals surface area contributed by atoms with E-state index in [1.807, 2.05) is 0 Å². The molecule has 0 unspecified atom stereocenters. The first-order chi connectivity index (χ1) is 4.93. The highest BCUT2D eigenvalue weighted by Crippen LogP contribution is 2.36. The number of unbranched alkanes of at least 4 members (excludes halogenated alkanes) is 1. The molecule has 1 aliphatic carbocycles. The Hall–Kier alpha value is 0.350. The lowest BCUT2D eigenvalue weighted by atomic mass is 10.4. The third-order valence-corrected chi connectivity index (χ3v) is 3.27. The molecule has 1 aliphatic rings. The molecule has 0 N–H and O–H groups in total. The summed E-state index contributed by atoms with van der Waals surface area (Å²) >= 11 is 2.13. The molecule has 0 saturated heterocycles. The van der Waals surface area contributed by atoms with Crippen molar-refractivity contribution in [3.63, 3.8) is 0 Å². The van der Waals surface area contributed by atoms with Crippen LogP contribution in [0.15, 0.2) is 0 Å². The SMILES string of the molecule is CCCCS[C]1CCCC1. The lowest BCUT2D eigenvalue weighted by Crippen LogP contribution is -1.85. The second-order valence-corrected chi connectivity index (χ2v) is 4.22. The Morgan fingerprint density at radius 2 is 2.00 bits per heavy atom. The first kappa shape index (κ1) is 8.45. The maximum Gasteiger partial charge on any atom is 0.0306 e. The quantitative estimate of drug-likeness (QED) is 0.562. The summed E-state index contributed by atoms with van der Waals surface area (Å²) in [5.41, 5.74) is 0. The standard InChI is InChI=1S/C9H17S/c1-2-3-8-10-9-6-4-5-7-9/h2-8H2,1H3. The highest BCUT2D eigenvalue weighted by Gasteiger charge is 2.14. The van der Waals surface area contributed by atoms with E-state index >= 15 is 0 Å². The van der Waals surface area contributed by atoms with Gasteiger partial charge in [-0.15, -0.1) is 0 Å². The summed E-state index contributed by atoms with van der Waals surface area (Å²) in [7, 11) is 0. The molecule has 1 heteroatoms. The summed E-state index contributed by atoms with van der Waals surface area (Å²) in [5.74, 6) is 1.37. The van der Waals surface area contributed by atoms with Gasteiger partial charge in [0.05, 0.1) is 0 Å². The molecule has 1 fully saturated rings. The van der Waals surface area contributed by atoms with Crippen LogP contribution in [0.2, 0.25) is 0 Å². The van der Waals surface area contributed by atoms with Gasteiger partial charge in [0, 0.05) is 5.25 Å². The maximum atomic E-state index is 2.26. The van der Waals surface area contributed by atoms with Crippen molar-refractivity contribution >= 4 is 11.8 Å². The predicted molar refractivity (Wildman–Crippen MR) is 49.1 cm³/mol. The highest BCUT2D eigenvalue weighted by molar-refractivity contribution is 8.02. The zero-order chi connectivity index (χ0) is 7.23.